The van der Waals surface area contributed by atoms with Crippen LogP contribution in [0.25, 0.3) is 11.1 Å². The number of carbonyl (C=O) groups is 1. The molecule has 0 atom stereocenters. The van der Waals surface area contributed by atoms with E-state index in [0.717, 1.165) is 11.3 Å². The minimum atomic E-state index is -0.556. The highest BCUT2D eigenvalue weighted by Gasteiger charge is 2.21. The maximum absolute atomic E-state index is 11.6. The maximum Gasteiger partial charge on any atom is 0.376 e. The molecule has 0 spiro atoms. The molecule has 0 aliphatic heterocycles. The standard InChI is InChI=1S/C12H14N2O3/c1-4-16-12(15)10-9(13)8-6(2)5-7(3)14-11(8)17-10/h5H,4,13H2,1-3H3. The zero-order valence-corrected chi connectivity index (χ0v) is 10.0. The first-order chi connectivity index (χ1) is 8.04. The molecule has 2 N–H and O–H groups in total. The van der Waals surface area contributed by atoms with Gasteiger partial charge in [0.2, 0.25) is 11.5 Å². The second kappa shape index (κ2) is 4.08. The first-order valence-corrected chi connectivity index (χ1v) is 5.38. The molecule has 5 nitrogen and oxygen atoms in total. The molecule has 0 unspecified atom stereocenters. The molecular weight excluding hydrogens is 220 g/mol. The van der Waals surface area contributed by atoms with Crippen LogP contribution < -0.4 is 5.73 Å². The molecule has 0 aliphatic carbocycles. The Hall–Kier alpha value is -2.04. The quantitative estimate of drug-likeness (QED) is 0.806. The van der Waals surface area contributed by atoms with Gasteiger partial charge >= 0.3 is 5.97 Å². The van der Waals surface area contributed by atoms with Crippen LogP contribution in [0.1, 0.15) is 28.7 Å². The van der Waals surface area contributed by atoms with E-state index in [1.54, 1.807) is 6.92 Å². The van der Waals surface area contributed by atoms with E-state index in [9.17, 15) is 4.79 Å². The fourth-order valence-electron chi connectivity index (χ4n) is 1.82. The van der Waals surface area contributed by atoms with Crippen LogP contribution in [-0.2, 0) is 4.74 Å². The molecule has 0 saturated carbocycles. The first-order valence-electron chi connectivity index (χ1n) is 5.38. The number of pyridine rings is 1. The Labute approximate surface area is 98.6 Å². The largest absolute Gasteiger partial charge is 0.460 e. The number of esters is 1. The second-order valence-corrected chi connectivity index (χ2v) is 3.83. The molecule has 2 rings (SSSR count). The van der Waals surface area contributed by atoms with E-state index in [0.29, 0.717) is 16.8 Å². The van der Waals surface area contributed by atoms with Crippen LogP contribution in [0.15, 0.2) is 10.5 Å². The van der Waals surface area contributed by atoms with Gasteiger partial charge in [0.1, 0.15) is 0 Å². The summed E-state index contributed by atoms with van der Waals surface area (Å²) in [6.07, 6.45) is 0. The number of anilines is 1. The van der Waals surface area contributed by atoms with E-state index in [1.807, 2.05) is 19.9 Å². The third-order valence-corrected chi connectivity index (χ3v) is 2.49. The third kappa shape index (κ3) is 1.84. The van der Waals surface area contributed by atoms with Crippen LogP contribution in [0.2, 0.25) is 0 Å². The highest BCUT2D eigenvalue weighted by atomic mass is 16.5. The summed E-state index contributed by atoms with van der Waals surface area (Å²) in [6, 6.07) is 1.89. The Balaban J connectivity index is 2.64. The summed E-state index contributed by atoms with van der Waals surface area (Å²) in [5.41, 5.74) is 8.31. The molecule has 0 fully saturated rings. The monoisotopic (exact) mass is 234 g/mol. The number of nitrogens with two attached hydrogens (primary N) is 1. The lowest BCUT2D eigenvalue weighted by Crippen LogP contribution is -2.05. The normalized spacial score (nSPS) is 10.8. The van der Waals surface area contributed by atoms with E-state index in [2.05, 4.69) is 4.98 Å². The van der Waals surface area contributed by atoms with Crippen molar-refractivity contribution in [1.29, 1.82) is 0 Å². The molecule has 0 amide bonds. The predicted octanol–water partition coefficient (Wildman–Crippen LogP) is 2.20. The van der Waals surface area contributed by atoms with E-state index in [4.69, 9.17) is 14.9 Å². The second-order valence-electron chi connectivity index (χ2n) is 3.83. The van der Waals surface area contributed by atoms with Crippen molar-refractivity contribution >= 4 is 22.8 Å². The summed E-state index contributed by atoms with van der Waals surface area (Å²) in [6.45, 7) is 5.76. The smallest absolute Gasteiger partial charge is 0.376 e. The van der Waals surface area contributed by atoms with Crippen molar-refractivity contribution < 1.29 is 13.9 Å². The van der Waals surface area contributed by atoms with Crippen molar-refractivity contribution in [2.75, 3.05) is 12.3 Å². The van der Waals surface area contributed by atoms with Gasteiger partial charge in [-0.1, -0.05) is 0 Å². The van der Waals surface area contributed by atoms with Gasteiger partial charge in [0, 0.05) is 5.69 Å². The van der Waals surface area contributed by atoms with Crippen molar-refractivity contribution in [1.82, 2.24) is 4.98 Å². The number of fused-ring (bicyclic) bond motifs is 1. The van der Waals surface area contributed by atoms with Gasteiger partial charge in [0.25, 0.3) is 0 Å². The molecule has 17 heavy (non-hydrogen) atoms. The van der Waals surface area contributed by atoms with Crippen molar-refractivity contribution in [3.8, 4) is 0 Å². The highest BCUT2D eigenvalue weighted by Crippen LogP contribution is 2.30. The average Bonchev–Trinajstić information content (AvgIpc) is 2.56. The number of aryl methyl sites for hydroxylation is 2. The van der Waals surface area contributed by atoms with E-state index in [-0.39, 0.29) is 12.4 Å². The average molecular weight is 234 g/mol. The SMILES string of the molecule is CCOC(=O)c1oc2nc(C)cc(C)c2c1N. The zero-order chi connectivity index (χ0) is 12.6. The fourth-order valence-corrected chi connectivity index (χ4v) is 1.82. The van der Waals surface area contributed by atoms with Crippen molar-refractivity contribution in [3.05, 3.63) is 23.1 Å². The van der Waals surface area contributed by atoms with E-state index >= 15 is 0 Å². The summed E-state index contributed by atoms with van der Waals surface area (Å²) < 4.78 is 10.2. The number of carbonyl (C=O) groups excluding carboxylic acids is 1. The molecule has 2 aromatic heterocycles. The number of hydrogen-bond donors (Lipinski definition) is 1. The van der Waals surface area contributed by atoms with E-state index < -0.39 is 5.97 Å². The lowest BCUT2D eigenvalue weighted by atomic mass is 10.1. The number of nitrogens with zero attached hydrogens (tertiary/aromatic N) is 1. The van der Waals surface area contributed by atoms with Crippen molar-refractivity contribution in [3.63, 3.8) is 0 Å². The van der Waals surface area contributed by atoms with Crippen LogP contribution in [0, 0.1) is 13.8 Å². The van der Waals surface area contributed by atoms with Gasteiger partial charge in [-0.15, -0.1) is 0 Å². The van der Waals surface area contributed by atoms with Gasteiger partial charge in [-0.25, -0.2) is 9.78 Å². The topological polar surface area (TPSA) is 78.3 Å². The minimum Gasteiger partial charge on any atom is -0.460 e. The van der Waals surface area contributed by atoms with Gasteiger partial charge in [-0.3, -0.25) is 0 Å². The number of rotatable bonds is 2. The molecule has 0 radical (unpaired) electrons. The minimum absolute atomic E-state index is 0.0306. The van der Waals surface area contributed by atoms with E-state index in [1.165, 1.54) is 0 Å². The van der Waals surface area contributed by atoms with Crippen molar-refractivity contribution in [2.45, 2.75) is 20.8 Å². The summed E-state index contributed by atoms with van der Waals surface area (Å²) >= 11 is 0. The Kier molecular flexibility index (Phi) is 2.75. The Morgan fingerprint density at radius 1 is 1.53 bits per heavy atom. The summed E-state index contributed by atoms with van der Waals surface area (Å²) in [5, 5.41) is 0.679. The van der Waals surface area contributed by atoms with Crippen molar-refractivity contribution in [2.24, 2.45) is 0 Å². The molecule has 2 aromatic rings. The lowest BCUT2D eigenvalue weighted by molar-refractivity contribution is 0.0494. The zero-order valence-electron chi connectivity index (χ0n) is 10.0. The first kappa shape index (κ1) is 11.4. The summed E-state index contributed by atoms with van der Waals surface area (Å²) in [4.78, 5) is 15.8. The molecule has 90 valence electrons. The predicted molar refractivity (Wildman–Crippen MR) is 63.9 cm³/mol. The highest BCUT2D eigenvalue weighted by molar-refractivity contribution is 6.03. The van der Waals surface area contributed by atoms with Crippen LogP contribution in [0.4, 0.5) is 5.69 Å². The van der Waals surface area contributed by atoms with Gasteiger partial charge in [-0.05, 0) is 32.4 Å². The number of ether oxygens (including phenoxy) is 1. The third-order valence-electron chi connectivity index (χ3n) is 2.49. The van der Waals surface area contributed by atoms with Crippen LogP contribution in [0.5, 0.6) is 0 Å². The molecule has 0 saturated heterocycles. The Bertz CT molecular complexity index is 587. The lowest BCUT2D eigenvalue weighted by Gasteiger charge is -1.98. The summed E-state index contributed by atoms with van der Waals surface area (Å²) in [5.74, 6) is -0.525. The molecule has 0 aliphatic rings. The number of hydrogen-bond acceptors (Lipinski definition) is 5. The van der Waals surface area contributed by atoms with Crippen LogP contribution in [0.3, 0.4) is 0 Å². The maximum atomic E-state index is 11.6. The fraction of sp³-hybridized carbons (Fsp3) is 0.333. The summed E-state index contributed by atoms with van der Waals surface area (Å²) in [7, 11) is 0. The Morgan fingerprint density at radius 3 is 2.88 bits per heavy atom. The van der Waals surface area contributed by atoms with Gasteiger partial charge in [0.15, 0.2) is 0 Å². The molecular formula is C12H14N2O3. The number of furan rings is 1. The van der Waals surface area contributed by atoms with Gasteiger partial charge in [-0.2, -0.15) is 0 Å². The van der Waals surface area contributed by atoms with Gasteiger partial charge < -0.3 is 14.9 Å². The number of nitrogen functional groups attached to an aromatic ring is 1. The van der Waals surface area contributed by atoms with Crippen LogP contribution in [-0.4, -0.2) is 17.6 Å². The van der Waals surface area contributed by atoms with Crippen LogP contribution >= 0.6 is 0 Å². The van der Waals surface area contributed by atoms with Gasteiger partial charge in [0.05, 0.1) is 17.7 Å². The molecule has 0 bridgehead atoms. The molecule has 2 heterocycles. The Morgan fingerprint density at radius 2 is 2.24 bits per heavy atom. The number of aromatic nitrogens is 1. The molecule has 5 heteroatoms. The molecule has 0 aromatic carbocycles.